The SMILES string of the molecule is COc1ccc2nc(CNC(=O)[C@@]34CC[C@H](N5CCOCC5)C[C@H]3CCNC4)[nH]c2c1.Cl.Cl. The van der Waals surface area contributed by atoms with E-state index in [4.69, 9.17) is 9.47 Å². The average Bonchev–Trinajstić information content (AvgIpc) is 3.24. The van der Waals surface area contributed by atoms with Gasteiger partial charge >= 0.3 is 0 Å². The minimum absolute atomic E-state index is 0. The zero-order valence-corrected chi connectivity index (χ0v) is 20.7. The van der Waals surface area contributed by atoms with Crippen LogP contribution < -0.4 is 15.4 Å². The minimum atomic E-state index is -0.309. The summed E-state index contributed by atoms with van der Waals surface area (Å²) in [5.41, 5.74) is 1.49. The molecule has 8 nitrogen and oxygen atoms in total. The molecule has 33 heavy (non-hydrogen) atoms. The van der Waals surface area contributed by atoms with Crippen LogP contribution in [0.1, 0.15) is 31.5 Å². The van der Waals surface area contributed by atoms with Crippen LogP contribution in [0, 0.1) is 11.3 Å². The molecule has 3 N–H and O–H groups in total. The number of fused-ring (bicyclic) bond motifs is 2. The molecule has 3 aliphatic rings. The van der Waals surface area contributed by atoms with Crippen LogP contribution in [-0.4, -0.2) is 73.3 Å². The first-order valence-electron chi connectivity index (χ1n) is 11.5. The maximum absolute atomic E-state index is 13.5. The van der Waals surface area contributed by atoms with E-state index in [2.05, 4.69) is 25.5 Å². The first kappa shape index (κ1) is 26.0. The van der Waals surface area contributed by atoms with Gasteiger partial charge in [0.1, 0.15) is 11.6 Å². The third kappa shape index (κ3) is 5.25. The van der Waals surface area contributed by atoms with Gasteiger partial charge in [-0.15, -0.1) is 24.8 Å². The smallest absolute Gasteiger partial charge is 0.228 e. The van der Waals surface area contributed by atoms with Crippen molar-refractivity contribution in [1.29, 1.82) is 0 Å². The molecule has 3 fully saturated rings. The lowest BCUT2D eigenvalue weighted by atomic mass is 9.61. The summed E-state index contributed by atoms with van der Waals surface area (Å²) in [5, 5.41) is 6.71. The summed E-state index contributed by atoms with van der Waals surface area (Å²) >= 11 is 0. The molecule has 184 valence electrons. The molecule has 5 rings (SSSR count). The van der Waals surface area contributed by atoms with Gasteiger partial charge in [-0.05, 0) is 50.3 Å². The van der Waals surface area contributed by atoms with Gasteiger partial charge < -0.3 is 25.1 Å². The monoisotopic (exact) mass is 499 g/mol. The fourth-order valence-corrected chi connectivity index (χ4v) is 5.76. The predicted molar refractivity (Wildman–Crippen MR) is 132 cm³/mol. The van der Waals surface area contributed by atoms with Gasteiger partial charge in [0.15, 0.2) is 0 Å². The molecule has 0 radical (unpaired) electrons. The molecule has 1 saturated carbocycles. The Balaban J connectivity index is 0.00000153. The topological polar surface area (TPSA) is 91.5 Å². The number of nitrogens with one attached hydrogen (secondary N) is 3. The highest BCUT2D eigenvalue weighted by molar-refractivity contribution is 5.86. The summed E-state index contributed by atoms with van der Waals surface area (Å²) < 4.78 is 10.8. The van der Waals surface area contributed by atoms with Gasteiger partial charge in [-0.1, -0.05) is 0 Å². The number of hydrogen-bond acceptors (Lipinski definition) is 6. The molecule has 0 unspecified atom stereocenters. The normalized spacial score (nSPS) is 27.7. The van der Waals surface area contributed by atoms with E-state index in [1.807, 2.05) is 18.2 Å². The molecule has 3 heterocycles. The number of methoxy groups -OCH3 is 1. The molecule has 0 bridgehead atoms. The number of piperidine rings is 1. The Morgan fingerprint density at radius 3 is 2.91 bits per heavy atom. The van der Waals surface area contributed by atoms with Crippen LogP contribution >= 0.6 is 24.8 Å². The van der Waals surface area contributed by atoms with Gasteiger partial charge in [0.05, 0.1) is 43.3 Å². The van der Waals surface area contributed by atoms with E-state index in [9.17, 15) is 4.79 Å². The van der Waals surface area contributed by atoms with Crippen molar-refractivity contribution in [3.8, 4) is 5.75 Å². The number of hydrogen-bond donors (Lipinski definition) is 3. The fraction of sp³-hybridized carbons (Fsp3) is 0.652. The Kier molecular flexibility index (Phi) is 8.86. The van der Waals surface area contributed by atoms with E-state index in [0.717, 1.165) is 87.7 Å². The number of morpholine rings is 1. The van der Waals surface area contributed by atoms with E-state index in [-0.39, 0.29) is 36.1 Å². The maximum Gasteiger partial charge on any atom is 0.228 e. The van der Waals surface area contributed by atoms with Crippen LogP contribution in [0.15, 0.2) is 18.2 Å². The van der Waals surface area contributed by atoms with Crippen LogP contribution in [0.2, 0.25) is 0 Å². The quantitative estimate of drug-likeness (QED) is 0.585. The van der Waals surface area contributed by atoms with Crippen molar-refractivity contribution in [2.24, 2.45) is 11.3 Å². The summed E-state index contributed by atoms with van der Waals surface area (Å²) in [5.74, 6) is 2.16. The summed E-state index contributed by atoms with van der Waals surface area (Å²) in [4.78, 5) is 24.0. The molecule has 1 aromatic heterocycles. The van der Waals surface area contributed by atoms with E-state index in [0.29, 0.717) is 18.5 Å². The number of H-pyrrole nitrogens is 1. The second-order valence-corrected chi connectivity index (χ2v) is 9.14. The number of amides is 1. The van der Waals surface area contributed by atoms with Crippen LogP contribution in [0.4, 0.5) is 0 Å². The van der Waals surface area contributed by atoms with E-state index >= 15 is 0 Å². The second kappa shape index (κ2) is 11.2. The van der Waals surface area contributed by atoms with Gasteiger partial charge in [0, 0.05) is 31.7 Å². The third-order valence-corrected chi connectivity index (χ3v) is 7.54. The molecular formula is C23H35Cl2N5O3. The number of aromatic nitrogens is 2. The molecule has 2 aromatic rings. The number of carbonyl (C=O) groups excluding carboxylic acids is 1. The van der Waals surface area contributed by atoms with Gasteiger partial charge in [-0.3, -0.25) is 9.69 Å². The van der Waals surface area contributed by atoms with E-state index in [1.54, 1.807) is 7.11 Å². The van der Waals surface area contributed by atoms with Crippen LogP contribution in [0.3, 0.4) is 0 Å². The first-order chi connectivity index (χ1) is 15.2. The number of halogens is 2. The number of carbonyl (C=O) groups is 1. The lowest BCUT2D eigenvalue weighted by Crippen LogP contribution is -2.60. The molecule has 0 spiro atoms. The number of nitrogens with zero attached hydrogens (tertiary/aromatic N) is 2. The molecule has 1 amide bonds. The van der Waals surface area contributed by atoms with E-state index < -0.39 is 0 Å². The highest BCUT2D eigenvalue weighted by atomic mass is 35.5. The van der Waals surface area contributed by atoms with Gasteiger partial charge in [0.2, 0.25) is 5.91 Å². The summed E-state index contributed by atoms with van der Waals surface area (Å²) in [6, 6.07) is 6.34. The van der Waals surface area contributed by atoms with E-state index in [1.165, 1.54) is 0 Å². The molecule has 2 saturated heterocycles. The summed E-state index contributed by atoms with van der Waals surface area (Å²) in [7, 11) is 1.65. The Bertz CT molecular complexity index is 936. The molecule has 10 heteroatoms. The summed E-state index contributed by atoms with van der Waals surface area (Å²) in [6.45, 7) is 5.89. The van der Waals surface area contributed by atoms with Gasteiger partial charge in [0.25, 0.3) is 0 Å². The maximum atomic E-state index is 13.5. The standard InChI is InChI=1S/C23H33N5O3.2ClH/c1-30-18-2-3-19-20(13-18)27-21(26-19)14-25-22(29)23-6-4-17(28-8-10-31-11-9-28)12-16(23)5-7-24-15-23;;/h2-3,13,16-17,24H,4-12,14-15H2,1H3,(H,25,29)(H,26,27);2*1H/t16-,17+,23-;;/m1../s1. The molecule has 3 atom stereocenters. The molecular weight excluding hydrogens is 465 g/mol. The van der Waals surface area contributed by atoms with Crippen LogP contribution in [0.25, 0.3) is 11.0 Å². The zero-order chi connectivity index (χ0) is 21.3. The van der Waals surface area contributed by atoms with Gasteiger partial charge in [-0.2, -0.15) is 0 Å². The van der Waals surface area contributed by atoms with Crippen molar-refractivity contribution in [1.82, 2.24) is 25.5 Å². The lowest BCUT2D eigenvalue weighted by Gasteiger charge is -2.50. The Morgan fingerprint density at radius 2 is 2.12 bits per heavy atom. The number of imidazole rings is 1. The number of ether oxygens (including phenoxy) is 2. The highest BCUT2D eigenvalue weighted by Gasteiger charge is 2.50. The fourth-order valence-electron chi connectivity index (χ4n) is 5.76. The predicted octanol–water partition coefficient (Wildman–Crippen LogP) is 2.51. The number of rotatable bonds is 5. The Hall–Kier alpha value is -1.58. The van der Waals surface area contributed by atoms with Crippen molar-refractivity contribution in [2.75, 3.05) is 46.5 Å². The lowest BCUT2D eigenvalue weighted by molar-refractivity contribution is -0.140. The van der Waals surface area contributed by atoms with Gasteiger partial charge in [-0.25, -0.2) is 4.98 Å². The number of benzene rings is 1. The Labute approximate surface area is 207 Å². The largest absolute Gasteiger partial charge is 0.497 e. The van der Waals surface area contributed by atoms with Crippen molar-refractivity contribution in [3.63, 3.8) is 0 Å². The first-order valence-corrected chi connectivity index (χ1v) is 11.5. The zero-order valence-electron chi connectivity index (χ0n) is 19.1. The second-order valence-electron chi connectivity index (χ2n) is 9.14. The molecule has 1 aliphatic carbocycles. The number of aromatic amines is 1. The Morgan fingerprint density at radius 1 is 1.30 bits per heavy atom. The highest BCUT2D eigenvalue weighted by Crippen LogP contribution is 2.46. The van der Waals surface area contributed by atoms with Crippen molar-refractivity contribution in [2.45, 2.75) is 38.3 Å². The van der Waals surface area contributed by atoms with Crippen molar-refractivity contribution < 1.29 is 14.3 Å². The van der Waals surface area contributed by atoms with Crippen molar-refractivity contribution >= 4 is 41.8 Å². The summed E-state index contributed by atoms with van der Waals surface area (Å²) in [6.07, 6.45) is 4.20. The molecule has 2 aliphatic heterocycles. The van der Waals surface area contributed by atoms with Crippen molar-refractivity contribution in [3.05, 3.63) is 24.0 Å². The minimum Gasteiger partial charge on any atom is -0.497 e. The van der Waals surface area contributed by atoms with Crippen LogP contribution in [0.5, 0.6) is 5.75 Å². The third-order valence-electron chi connectivity index (χ3n) is 7.54. The molecule has 1 aromatic carbocycles. The van der Waals surface area contributed by atoms with Crippen LogP contribution in [-0.2, 0) is 16.1 Å². The average molecular weight is 500 g/mol.